The molecular formula is C17H19F2N. The van der Waals surface area contributed by atoms with Crippen molar-refractivity contribution in [3.63, 3.8) is 0 Å². The summed E-state index contributed by atoms with van der Waals surface area (Å²) in [5.74, 6) is -0.653. The molecule has 0 amide bonds. The molecule has 0 aromatic heterocycles. The van der Waals surface area contributed by atoms with Gasteiger partial charge in [0.15, 0.2) is 0 Å². The molecule has 1 nitrogen and oxygen atoms in total. The summed E-state index contributed by atoms with van der Waals surface area (Å²) in [6.07, 6.45) is 1.50. The molecule has 20 heavy (non-hydrogen) atoms. The maximum absolute atomic E-state index is 13.4. The largest absolute Gasteiger partial charge is 0.328 e. The van der Waals surface area contributed by atoms with Crippen molar-refractivity contribution in [1.82, 2.24) is 0 Å². The third kappa shape index (κ3) is 3.64. The summed E-state index contributed by atoms with van der Waals surface area (Å²) in [6, 6.07) is 12.9. The molecule has 0 saturated carbocycles. The molecule has 106 valence electrons. The standard InChI is InChI=1S/C17H19F2N/c1-2-16(20)11-17(12-5-3-7-14(18)9-12)13-6-4-8-15(19)10-13/h3-10,16-17H,2,11,20H2,1H3. The zero-order chi connectivity index (χ0) is 14.5. The van der Waals surface area contributed by atoms with E-state index in [1.165, 1.54) is 24.3 Å². The Labute approximate surface area is 118 Å². The van der Waals surface area contributed by atoms with Gasteiger partial charge in [-0.05, 0) is 48.2 Å². The smallest absolute Gasteiger partial charge is 0.123 e. The van der Waals surface area contributed by atoms with E-state index in [0.29, 0.717) is 6.42 Å². The van der Waals surface area contributed by atoms with Crippen LogP contribution in [0, 0.1) is 11.6 Å². The fraction of sp³-hybridized carbons (Fsp3) is 0.294. The topological polar surface area (TPSA) is 26.0 Å². The van der Waals surface area contributed by atoms with Crippen molar-refractivity contribution in [2.24, 2.45) is 5.73 Å². The number of rotatable bonds is 5. The van der Waals surface area contributed by atoms with Crippen LogP contribution in [0.5, 0.6) is 0 Å². The van der Waals surface area contributed by atoms with Gasteiger partial charge in [0.25, 0.3) is 0 Å². The number of halogens is 2. The third-order valence-electron chi connectivity index (χ3n) is 3.56. The summed E-state index contributed by atoms with van der Waals surface area (Å²) >= 11 is 0. The zero-order valence-corrected chi connectivity index (χ0v) is 11.5. The number of hydrogen-bond acceptors (Lipinski definition) is 1. The van der Waals surface area contributed by atoms with Crippen LogP contribution in [0.2, 0.25) is 0 Å². The number of nitrogens with two attached hydrogens (primary N) is 1. The highest BCUT2D eigenvalue weighted by Crippen LogP contribution is 2.30. The van der Waals surface area contributed by atoms with Gasteiger partial charge in [0.1, 0.15) is 11.6 Å². The summed E-state index contributed by atoms with van der Waals surface area (Å²) in [4.78, 5) is 0. The lowest BCUT2D eigenvalue weighted by molar-refractivity contribution is 0.548. The second kappa shape index (κ2) is 6.62. The Balaban J connectivity index is 2.39. The van der Waals surface area contributed by atoms with Crippen molar-refractivity contribution >= 4 is 0 Å². The van der Waals surface area contributed by atoms with Gasteiger partial charge in [-0.2, -0.15) is 0 Å². The molecular weight excluding hydrogens is 256 g/mol. The highest BCUT2D eigenvalue weighted by molar-refractivity contribution is 5.33. The van der Waals surface area contributed by atoms with Gasteiger partial charge in [-0.1, -0.05) is 31.2 Å². The maximum atomic E-state index is 13.4. The molecule has 1 atom stereocenters. The van der Waals surface area contributed by atoms with Gasteiger partial charge >= 0.3 is 0 Å². The van der Waals surface area contributed by atoms with E-state index in [2.05, 4.69) is 0 Å². The van der Waals surface area contributed by atoms with Crippen LogP contribution < -0.4 is 5.73 Å². The van der Waals surface area contributed by atoms with Crippen molar-refractivity contribution in [2.75, 3.05) is 0 Å². The van der Waals surface area contributed by atoms with Crippen LogP contribution in [-0.2, 0) is 0 Å². The molecule has 2 rings (SSSR count). The Morgan fingerprint density at radius 1 is 0.950 bits per heavy atom. The number of benzene rings is 2. The van der Waals surface area contributed by atoms with Crippen molar-refractivity contribution in [3.8, 4) is 0 Å². The molecule has 2 aromatic rings. The molecule has 0 spiro atoms. The van der Waals surface area contributed by atoms with Crippen molar-refractivity contribution in [2.45, 2.75) is 31.7 Å². The highest BCUT2D eigenvalue weighted by Gasteiger charge is 2.18. The van der Waals surface area contributed by atoms with Crippen LogP contribution >= 0.6 is 0 Å². The summed E-state index contributed by atoms with van der Waals surface area (Å²) in [7, 11) is 0. The third-order valence-corrected chi connectivity index (χ3v) is 3.56. The first-order valence-corrected chi connectivity index (χ1v) is 6.86. The molecule has 0 aliphatic heterocycles. The molecule has 2 N–H and O–H groups in total. The summed E-state index contributed by atoms with van der Waals surface area (Å²) in [5.41, 5.74) is 7.70. The maximum Gasteiger partial charge on any atom is 0.123 e. The van der Waals surface area contributed by atoms with Crippen LogP contribution in [0.3, 0.4) is 0 Å². The first-order chi connectivity index (χ1) is 9.60. The van der Waals surface area contributed by atoms with Gasteiger partial charge in [0, 0.05) is 12.0 Å². The molecule has 3 heteroatoms. The first kappa shape index (κ1) is 14.7. The van der Waals surface area contributed by atoms with Gasteiger partial charge in [0.05, 0.1) is 0 Å². The Hall–Kier alpha value is -1.74. The predicted molar refractivity (Wildman–Crippen MR) is 77.5 cm³/mol. The molecule has 0 bridgehead atoms. The van der Waals surface area contributed by atoms with E-state index in [0.717, 1.165) is 17.5 Å². The lowest BCUT2D eigenvalue weighted by atomic mass is 9.85. The van der Waals surface area contributed by atoms with Gasteiger partial charge in [-0.3, -0.25) is 0 Å². The van der Waals surface area contributed by atoms with E-state index in [9.17, 15) is 8.78 Å². The van der Waals surface area contributed by atoms with Crippen molar-refractivity contribution in [3.05, 3.63) is 71.3 Å². The fourth-order valence-corrected chi connectivity index (χ4v) is 2.38. The SMILES string of the molecule is CCC(N)CC(c1cccc(F)c1)c1cccc(F)c1. The van der Waals surface area contributed by atoms with E-state index in [1.807, 2.05) is 19.1 Å². The van der Waals surface area contributed by atoms with E-state index >= 15 is 0 Å². The second-order valence-electron chi connectivity index (χ2n) is 5.07. The summed E-state index contributed by atoms with van der Waals surface area (Å²) < 4.78 is 26.9. The van der Waals surface area contributed by atoms with E-state index < -0.39 is 0 Å². The Morgan fingerprint density at radius 2 is 1.45 bits per heavy atom. The van der Waals surface area contributed by atoms with Gasteiger partial charge in [-0.25, -0.2) is 8.78 Å². The van der Waals surface area contributed by atoms with Gasteiger partial charge in [0.2, 0.25) is 0 Å². The minimum absolute atomic E-state index is 0.00605. The van der Waals surface area contributed by atoms with E-state index in [-0.39, 0.29) is 23.6 Å². The molecule has 2 aromatic carbocycles. The second-order valence-corrected chi connectivity index (χ2v) is 5.07. The first-order valence-electron chi connectivity index (χ1n) is 6.86. The average Bonchev–Trinajstić information content (AvgIpc) is 2.44. The monoisotopic (exact) mass is 275 g/mol. The van der Waals surface area contributed by atoms with Crippen LogP contribution in [0.1, 0.15) is 36.8 Å². The lowest BCUT2D eigenvalue weighted by Gasteiger charge is -2.21. The predicted octanol–water partition coefficient (Wildman–Crippen LogP) is 4.22. The molecule has 0 aliphatic carbocycles. The van der Waals surface area contributed by atoms with E-state index in [4.69, 9.17) is 5.73 Å². The molecule has 0 aliphatic rings. The molecule has 0 fully saturated rings. The molecule has 0 saturated heterocycles. The quantitative estimate of drug-likeness (QED) is 0.868. The zero-order valence-electron chi connectivity index (χ0n) is 11.5. The van der Waals surface area contributed by atoms with Crippen LogP contribution in [0.4, 0.5) is 8.78 Å². The molecule has 1 unspecified atom stereocenters. The minimum atomic E-state index is -0.283. The van der Waals surface area contributed by atoms with Crippen LogP contribution in [0.15, 0.2) is 48.5 Å². The number of hydrogen-bond donors (Lipinski definition) is 1. The Kier molecular flexibility index (Phi) is 4.85. The van der Waals surface area contributed by atoms with Crippen molar-refractivity contribution < 1.29 is 8.78 Å². The Bertz CT molecular complexity index is 523. The van der Waals surface area contributed by atoms with E-state index in [1.54, 1.807) is 12.1 Å². The van der Waals surface area contributed by atoms with Crippen LogP contribution in [0.25, 0.3) is 0 Å². The summed E-state index contributed by atoms with van der Waals surface area (Å²) in [6.45, 7) is 2.01. The van der Waals surface area contributed by atoms with Crippen LogP contribution in [-0.4, -0.2) is 6.04 Å². The van der Waals surface area contributed by atoms with Crippen molar-refractivity contribution in [1.29, 1.82) is 0 Å². The minimum Gasteiger partial charge on any atom is -0.328 e. The summed E-state index contributed by atoms with van der Waals surface area (Å²) in [5, 5.41) is 0. The Morgan fingerprint density at radius 3 is 1.85 bits per heavy atom. The molecule has 0 heterocycles. The average molecular weight is 275 g/mol. The molecule has 0 radical (unpaired) electrons. The normalized spacial score (nSPS) is 12.7. The highest BCUT2D eigenvalue weighted by atomic mass is 19.1. The van der Waals surface area contributed by atoms with Gasteiger partial charge < -0.3 is 5.73 Å². The lowest BCUT2D eigenvalue weighted by Crippen LogP contribution is -2.22. The fourth-order valence-electron chi connectivity index (χ4n) is 2.38. The van der Waals surface area contributed by atoms with Gasteiger partial charge in [-0.15, -0.1) is 0 Å².